The highest BCUT2D eigenvalue weighted by atomic mass is 16.8. The van der Waals surface area contributed by atoms with Gasteiger partial charge in [-0.25, -0.2) is 0 Å². The van der Waals surface area contributed by atoms with Crippen LogP contribution in [0.4, 0.5) is 0 Å². The molecule has 0 saturated carbocycles. The topological polar surface area (TPSA) is 574 Å². The van der Waals surface area contributed by atoms with E-state index < -0.39 is 239 Å². The Kier molecular flexibility index (Phi) is 24.7. The Morgan fingerprint density at radius 3 is 1.89 bits per heavy atom. The van der Waals surface area contributed by atoms with Crippen LogP contribution in [-0.2, 0) is 69.0 Å². The maximum Gasteiger partial charge on any atom is 0.246 e. The second-order valence-corrected chi connectivity index (χ2v) is 27.0. The van der Waals surface area contributed by atoms with Gasteiger partial charge in [0.05, 0.1) is 58.1 Å². The van der Waals surface area contributed by atoms with Crippen molar-refractivity contribution in [2.45, 2.75) is 198 Å². The quantitative estimate of drug-likeness (QED) is 0.0597. The molecule has 102 heavy (non-hydrogen) atoms. The molecule has 5 fully saturated rings. The SMILES string of the molecule is CC(c1ccccc1)C1NC(=O)CNC(=O)C(CO)NC(=O)C(C(O)C2CN=C(N)N2C2OC(CO)C(O)C(O)C2O)NC(=O)C(C(O)C2CN=C(N)N2)NC(=O)C(Cc2ccc(OC3OC(CO)C(OC4OC5COC(c6ccc(C(C)(C)C)cc6)OC5C(O)C4O)C(O)C3O)cc2)NC1=O. The Hall–Kier alpha value is -7.90. The van der Waals surface area contributed by atoms with E-state index >= 15 is 9.59 Å². The highest BCUT2D eigenvalue weighted by molar-refractivity contribution is 5.98. The van der Waals surface area contributed by atoms with Gasteiger partial charge in [-0.15, -0.1) is 0 Å². The lowest BCUT2D eigenvalue weighted by Crippen LogP contribution is -2.70. The third-order valence-electron chi connectivity index (χ3n) is 19.1. The zero-order valence-corrected chi connectivity index (χ0v) is 55.8. The summed E-state index contributed by atoms with van der Waals surface area (Å²) in [6, 6.07) is 8.58. The molecule has 560 valence electrons. The van der Waals surface area contributed by atoms with Gasteiger partial charge < -0.3 is 148 Å². The summed E-state index contributed by atoms with van der Waals surface area (Å²) >= 11 is 0. The van der Waals surface area contributed by atoms with Gasteiger partial charge in [0.15, 0.2) is 30.7 Å². The van der Waals surface area contributed by atoms with Crippen molar-refractivity contribution in [1.29, 1.82) is 0 Å². The maximum atomic E-state index is 15.2. The lowest BCUT2D eigenvalue weighted by molar-refractivity contribution is -0.383. The van der Waals surface area contributed by atoms with Crippen LogP contribution in [0.2, 0.25) is 0 Å². The van der Waals surface area contributed by atoms with Crippen LogP contribution in [0.3, 0.4) is 0 Å². The van der Waals surface area contributed by atoms with Crippen molar-refractivity contribution in [2.24, 2.45) is 21.5 Å². The fraction of sp³-hybridized carbons (Fsp3) is 0.600. The molecular formula is C65H90N12O25. The summed E-state index contributed by atoms with van der Waals surface area (Å²) in [6.07, 6.45) is -30.7. The van der Waals surface area contributed by atoms with Crippen molar-refractivity contribution >= 4 is 47.4 Å². The standard InChI is InChI=1S/C65H90N12O25/c1-26(28-8-6-5-7-9-28)40-56(93)71-32(18-27-10-16-31(17-11-27)97-61-50(89)47(86)52(37(24-80)99-61)102-62-51(90)48(87)53-38(100-62)25-96-60(101-53)29-12-14-30(15-13-29)65(2,3)4)55(92)75-41(43(82)33-19-69-63(66)73-33)58(95)76-42(57(94)72-34(22-78)54(91)68-21-39(81)74-40)44(83)35-20-70-64(67)77(35)59-49(88)46(85)45(84)36(23-79)98-59/h5-17,26,32-38,40-53,59-62,78-80,82-90H,18-25H2,1-4H3,(H2,67,70)(H,68,91)(H,71,93)(H,72,94)(H,74,81)(H,75,92)(H,76,95)(H3,66,69,73). The molecule has 23 N–H and O–H groups in total. The van der Waals surface area contributed by atoms with Crippen LogP contribution in [0, 0.1) is 0 Å². The summed E-state index contributed by atoms with van der Waals surface area (Å²) in [5, 5.41) is 151. The molecule has 0 spiro atoms. The van der Waals surface area contributed by atoms with E-state index in [1.165, 1.54) is 24.3 Å². The van der Waals surface area contributed by atoms with E-state index in [1.54, 1.807) is 37.3 Å². The van der Waals surface area contributed by atoms with Crippen molar-refractivity contribution < 1.29 is 123 Å². The summed E-state index contributed by atoms with van der Waals surface area (Å²) < 4.78 is 41.6. The van der Waals surface area contributed by atoms with Gasteiger partial charge >= 0.3 is 0 Å². The van der Waals surface area contributed by atoms with Gasteiger partial charge in [0.1, 0.15) is 121 Å². The van der Waals surface area contributed by atoms with Crippen molar-refractivity contribution in [3.05, 3.63) is 101 Å². The van der Waals surface area contributed by atoms with Crippen LogP contribution >= 0.6 is 0 Å². The van der Waals surface area contributed by atoms with Crippen molar-refractivity contribution in [3.8, 4) is 5.75 Å². The molecule has 3 aromatic carbocycles. The number of hydrogen-bond acceptors (Lipinski definition) is 31. The molecular weight excluding hydrogens is 1350 g/mol. The summed E-state index contributed by atoms with van der Waals surface area (Å²) in [5.74, 6) is -8.90. The Morgan fingerprint density at radius 1 is 0.608 bits per heavy atom. The Bertz CT molecular complexity index is 3470. The van der Waals surface area contributed by atoms with Crippen LogP contribution in [0.5, 0.6) is 5.75 Å². The molecule has 0 aliphatic carbocycles. The highest BCUT2D eigenvalue weighted by Gasteiger charge is 2.55. The van der Waals surface area contributed by atoms with Crippen molar-refractivity contribution in [3.63, 3.8) is 0 Å². The molecule has 0 bridgehead atoms. The molecule has 26 atom stereocenters. The minimum atomic E-state index is -2.34. The molecule has 5 saturated heterocycles. The lowest BCUT2D eigenvalue weighted by Gasteiger charge is -2.48. The number of nitrogens with zero attached hydrogens (tertiary/aromatic N) is 3. The highest BCUT2D eigenvalue weighted by Crippen LogP contribution is 2.38. The third-order valence-corrected chi connectivity index (χ3v) is 19.1. The van der Waals surface area contributed by atoms with Crippen LogP contribution in [0.1, 0.15) is 62.2 Å². The fourth-order valence-electron chi connectivity index (χ4n) is 13.0. The molecule has 0 aromatic heterocycles. The molecule has 7 aliphatic heterocycles. The van der Waals surface area contributed by atoms with E-state index in [0.29, 0.717) is 11.1 Å². The molecule has 6 amide bonds. The molecule has 37 nitrogen and oxygen atoms in total. The largest absolute Gasteiger partial charge is 0.462 e. The summed E-state index contributed by atoms with van der Waals surface area (Å²) in [6.45, 7) is 3.01. The fourth-order valence-corrected chi connectivity index (χ4v) is 13.0. The van der Waals surface area contributed by atoms with Crippen molar-refractivity contribution in [1.82, 2.24) is 42.1 Å². The first-order chi connectivity index (χ1) is 48.5. The van der Waals surface area contributed by atoms with E-state index in [2.05, 4.69) is 68.0 Å². The summed E-state index contributed by atoms with van der Waals surface area (Å²) in [5.41, 5.74) is 14.5. The minimum Gasteiger partial charge on any atom is -0.462 e. The number of ether oxygens (including phenoxy) is 7. The lowest BCUT2D eigenvalue weighted by atomic mass is 9.86. The maximum absolute atomic E-state index is 15.2. The van der Waals surface area contributed by atoms with E-state index in [0.717, 1.165) is 10.5 Å². The van der Waals surface area contributed by atoms with Crippen LogP contribution in [0.15, 0.2) is 88.8 Å². The molecule has 10 rings (SSSR count). The van der Waals surface area contributed by atoms with Gasteiger partial charge in [-0.1, -0.05) is 94.4 Å². The number of aliphatic hydroxyl groups excluding tert-OH is 12. The number of carbonyl (C=O) groups is 6. The Morgan fingerprint density at radius 2 is 1.25 bits per heavy atom. The summed E-state index contributed by atoms with van der Waals surface area (Å²) in [7, 11) is 0. The predicted molar refractivity (Wildman–Crippen MR) is 349 cm³/mol. The van der Waals surface area contributed by atoms with Gasteiger partial charge in [-0.05, 0) is 34.2 Å². The number of amides is 6. The Balaban J connectivity index is 0.895. The van der Waals surface area contributed by atoms with E-state index in [4.69, 9.17) is 44.6 Å². The van der Waals surface area contributed by atoms with E-state index in [1.807, 2.05) is 24.3 Å². The zero-order chi connectivity index (χ0) is 73.8. The molecule has 3 aromatic rings. The van der Waals surface area contributed by atoms with Gasteiger partial charge in [-0.2, -0.15) is 0 Å². The Labute approximate surface area is 583 Å². The normalized spacial score (nSPS) is 36.3. The number of carbonyl (C=O) groups excluding carboxylic acids is 6. The van der Waals surface area contributed by atoms with Crippen LogP contribution in [-0.4, -0.2) is 306 Å². The van der Waals surface area contributed by atoms with E-state index in [9.17, 15) is 80.5 Å². The number of aliphatic imine (C=N–C) groups is 2. The van der Waals surface area contributed by atoms with Crippen LogP contribution in [0.25, 0.3) is 0 Å². The predicted octanol–water partition coefficient (Wildman–Crippen LogP) is -9.55. The first-order valence-electron chi connectivity index (χ1n) is 33.2. The average molecular weight is 1440 g/mol. The monoisotopic (exact) mass is 1440 g/mol. The minimum absolute atomic E-state index is 0.0450. The molecule has 26 unspecified atom stereocenters. The number of fused-ring (bicyclic) bond motifs is 1. The number of hydrogen-bond donors (Lipinski definition) is 21. The average Bonchev–Trinajstić information content (AvgIpc) is 1.28. The van der Waals surface area contributed by atoms with Crippen LogP contribution < -0.4 is 53.4 Å². The number of guanidine groups is 2. The number of aliphatic hydroxyl groups is 12. The first-order valence-corrected chi connectivity index (χ1v) is 33.2. The second-order valence-electron chi connectivity index (χ2n) is 27.0. The smallest absolute Gasteiger partial charge is 0.246 e. The molecule has 37 heteroatoms. The second kappa shape index (κ2) is 32.8. The van der Waals surface area contributed by atoms with Gasteiger partial charge in [-0.3, -0.25) is 38.8 Å². The summed E-state index contributed by atoms with van der Waals surface area (Å²) in [4.78, 5) is 96.6. The van der Waals surface area contributed by atoms with Gasteiger partial charge in [0, 0.05) is 17.9 Å². The molecule has 7 aliphatic rings. The number of benzene rings is 3. The van der Waals surface area contributed by atoms with Gasteiger partial charge in [0.25, 0.3) is 0 Å². The van der Waals surface area contributed by atoms with Gasteiger partial charge in [0.2, 0.25) is 41.7 Å². The number of rotatable bonds is 17. The molecule has 7 heterocycles. The van der Waals surface area contributed by atoms with E-state index in [-0.39, 0.29) is 35.8 Å². The van der Waals surface area contributed by atoms with Crippen molar-refractivity contribution in [2.75, 3.05) is 46.1 Å². The molecule has 0 radical (unpaired) electrons. The number of nitrogens with two attached hydrogens (primary N) is 2. The number of nitrogens with one attached hydrogen (secondary N) is 7. The first kappa shape index (κ1) is 76.7. The third kappa shape index (κ3) is 17.0. The zero-order valence-electron chi connectivity index (χ0n) is 55.8.